The van der Waals surface area contributed by atoms with Crippen molar-refractivity contribution in [2.75, 3.05) is 0 Å². The fourth-order valence-corrected chi connectivity index (χ4v) is 2.18. The number of halogens is 1. The molecule has 72 valence electrons. The maximum Gasteiger partial charge on any atom is 0.105 e. The Balaban J connectivity index is 2.32. The molecule has 1 N–H and O–H groups in total. The van der Waals surface area contributed by atoms with Crippen LogP contribution in [0.25, 0.3) is 0 Å². The van der Waals surface area contributed by atoms with Gasteiger partial charge in [-0.2, -0.15) is 11.3 Å². The van der Waals surface area contributed by atoms with Gasteiger partial charge in [0.15, 0.2) is 0 Å². The van der Waals surface area contributed by atoms with E-state index in [9.17, 15) is 5.11 Å². The molecule has 0 aliphatic rings. The molecule has 1 aromatic heterocycles. The van der Waals surface area contributed by atoms with Crippen LogP contribution in [-0.4, -0.2) is 5.11 Å². The topological polar surface area (TPSA) is 20.2 Å². The molecule has 1 atom stereocenters. The molecule has 1 heterocycles. The molecule has 1 aromatic carbocycles. The zero-order chi connectivity index (χ0) is 9.97. The van der Waals surface area contributed by atoms with Crippen molar-refractivity contribution in [1.29, 1.82) is 0 Å². The molecule has 2 rings (SSSR count). The second-order valence-electron chi connectivity index (χ2n) is 3.01. The number of aliphatic hydroxyl groups excluding tert-OH is 1. The van der Waals surface area contributed by atoms with E-state index >= 15 is 0 Å². The number of hydrogen-bond donors (Lipinski definition) is 1. The Hall–Kier alpha value is -0.830. The van der Waals surface area contributed by atoms with Crippen LogP contribution in [-0.2, 0) is 0 Å². The molecule has 0 saturated heterocycles. The molecule has 0 saturated carbocycles. The third-order valence-electron chi connectivity index (χ3n) is 2.02. The van der Waals surface area contributed by atoms with Gasteiger partial charge in [-0.1, -0.05) is 23.7 Å². The summed E-state index contributed by atoms with van der Waals surface area (Å²) in [6, 6.07) is 9.20. The van der Waals surface area contributed by atoms with Gasteiger partial charge in [0.2, 0.25) is 0 Å². The predicted octanol–water partition coefficient (Wildman–Crippen LogP) is 3.48. The highest BCUT2D eigenvalue weighted by molar-refractivity contribution is 7.07. The lowest BCUT2D eigenvalue weighted by molar-refractivity contribution is 0.221. The van der Waals surface area contributed by atoms with Crippen LogP contribution in [0.4, 0.5) is 0 Å². The van der Waals surface area contributed by atoms with Crippen molar-refractivity contribution in [2.45, 2.75) is 6.10 Å². The molecule has 0 aliphatic heterocycles. The Morgan fingerprint density at radius 1 is 1.21 bits per heavy atom. The maximum absolute atomic E-state index is 9.95. The monoisotopic (exact) mass is 224 g/mol. The molecule has 0 amide bonds. The Bertz CT molecular complexity index is 411. The summed E-state index contributed by atoms with van der Waals surface area (Å²) >= 11 is 7.42. The zero-order valence-corrected chi connectivity index (χ0v) is 8.92. The quantitative estimate of drug-likeness (QED) is 0.828. The molecule has 0 unspecified atom stereocenters. The number of hydrogen-bond acceptors (Lipinski definition) is 2. The van der Waals surface area contributed by atoms with Crippen molar-refractivity contribution in [3.8, 4) is 0 Å². The summed E-state index contributed by atoms with van der Waals surface area (Å²) in [4.78, 5) is 0. The third kappa shape index (κ3) is 1.98. The molecule has 0 radical (unpaired) electrons. The standard InChI is InChI=1S/C11H9ClOS/c12-10-3-1-2-8(6-10)11(13)9-4-5-14-7-9/h1-7,11,13H/t11-/m0/s1. The van der Waals surface area contributed by atoms with Gasteiger partial charge in [-0.3, -0.25) is 0 Å². The van der Waals surface area contributed by atoms with Crippen LogP contribution in [0.1, 0.15) is 17.2 Å². The van der Waals surface area contributed by atoms with E-state index in [2.05, 4.69) is 0 Å². The van der Waals surface area contributed by atoms with Crippen LogP contribution in [0.5, 0.6) is 0 Å². The molecule has 0 aliphatic carbocycles. The van der Waals surface area contributed by atoms with Gasteiger partial charge in [0, 0.05) is 5.02 Å². The van der Waals surface area contributed by atoms with Gasteiger partial charge in [-0.25, -0.2) is 0 Å². The number of benzene rings is 1. The molecule has 3 heteroatoms. The first-order valence-corrected chi connectivity index (χ1v) is 5.55. The largest absolute Gasteiger partial charge is 0.384 e. The summed E-state index contributed by atoms with van der Waals surface area (Å²) < 4.78 is 0. The molecular formula is C11H9ClOS. The maximum atomic E-state index is 9.95. The van der Waals surface area contributed by atoms with E-state index in [1.165, 1.54) is 0 Å². The van der Waals surface area contributed by atoms with E-state index < -0.39 is 6.10 Å². The van der Waals surface area contributed by atoms with Crippen LogP contribution < -0.4 is 0 Å². The fourth-order valence-electron chi connectivity index (χ4n) is 1.30. The summed E-state index contributed by atoms with van der Waals surface area (Å²) in [5.41, 5.74) is 1.74. The normalized spacial score (nSPS) is 12.7. The Labute approximate surface area is 91.6 Å². The predicted molar refractivity (Wildman–Crippen MR) is 59.8 cm³/mol. The van der Waals surface area contributed by atoms with E-state index in [0.29, 0.717) is 5.02 Å². The summed E-state index contributed by atoms with van der Waals surface area (Å²) in [5, 5.41) is 14.5. The van der Waals surface area contributed by atoms with E-state index in [0.717, 1.165) is 11.1 Å². The second kappa shape index (κ2) is 4.13. The third-order valence-corrected chi connectivity index (χ3v) is 2.96. The molecule has 0 bridgehead atoms. The molecule has 14 heavy (non-hydrogen) atoms. The van der Waals surface area contributed by atoms with E-state index in [1.807, 2.05) is 29.0 Å². The Kier molecular flexibility index (Phi) is 2.87. The van der Waals surface area contributed by atoms with Crippen LogP contribution in [0.3, 0.4) is 0 Å². The summed E-state index contributed by atoms with van der Waals surface area (Å²) in [7, 11) is 0. The fraction of sp³-hybridized carbons (Fsp3) is 0.0909. The van der Waals surface area contributed by atoms with Crippen molar-refractivity contribution < 1.29 is 5.11 Å². The molecule has 0 fully saturated rings. The van der Waals surface area contributed by atoms with E-state index in [-0.39, 0.29) is 0 Å². The van der Waals surface area contributed by atoms with Crippen LogP contribution in [0.15, 0.2) is 41.1 Å². The minimum absolute atomic E-state index is 0.569. The molecule has 1 nitrogen and oxygen atoms in total. The van der Waals surface area contributed by atoms with Gasteiger partial charge in [0.1, 0.15) is 6.10 Å². The van der Waals surface area contributed by atoms with Gasteiger partial charge in [0.25, 0.3) is 0 Å². The lowest BCUT2D eigenvalue weighted by Crippen LogP contribution is -1.97. The average molecular weight is 225 g/mol. The van der Waals surface area contributed by atoms with Gasteiger partial charge in [-0.15, -0.1) is 0 Å². The number of aliphatic hydroxyl groups is 1. The molecule has 0 spiro atoms. The Morgan fingerprint density at radius 3 is 2.71 bits per heavy atom. The van der Waals surface area contributed by atoms with Gasteiger partial charge < -0.3 is 5.11 Å². The lowest BCUT2D eigenvalue weighted by Gasteiger charge is -2.08. The summed E-state index contributed by atoms with van der Waals surface area (Å²) in [6.07, 6.45) is -0.569. The molecular weight excluding hydrogens is 216 g/mol. The van der Waals surface area contributed by atoms with Crippen LogP contribution in [0.2, 0.25) is 5.02 Å². The first-order valence-electron chi connectivity index (χ1n) is 4.23. The minimum Gasteiger partial charge on any atom is -0.384 e. The van der Waals surface area contributed by atoms with Crippen molar-refractivity contribution in [1.82, 2.24) is 0 Å². The highest BCUT2D eigenvalue weighted by Gasteiger charge is 2.10. The van der Waals surface area contributed by atoms with Crippen molar-refractivity contribution in [3.63, 3.8) is 0 Å². The van der Waals surface area contributed by atoms with Crippen molar-refractivity contribution in [2.24, 2.45) is 0 Å². The van der Waals surface area contributed by atoms with E-state index in [4.69, 9.17) is 11.6 Å². The van der Waals surface area contributed by atoms with Gasteiger partial charge in [0.05, 0.1) is 0 Å². The first kappa shape index (κ1) is 9.71. The SMILES string of the molecule is O[C@H](c1ccsc1)c1cccc(Cl)c1. The summed E-state index contributed by atoms with van der Waals surface area (Å²) in [5.74, 6) is 0. The van der Waals surface area contributed by atoms with Crippen LogP contribution in [0, 0.1) is 0 Å². The smallest absolute Gasteiger partial charge is 0.105 e. The molecule has 2 aromatic rings. The minimum atomic E-state index is -0.569. The van der Waals surface area contributed by atoms with E-state index in [1.54, 1.807) is 23.5 Å². The number of thiophene rings is 1. The average Bonchev–Trinajstić information content (AvgIpc) is 2.69. The Morgan fingerprint density at radius 2 is 2.07 bits per heavy atom. The summed E-state index contributed by atoms with van der Waals surface area (Å²) in [6.45, 7) is 0. The van der Waals surface area contributed by atoms with Crippen molar-refractivity contribution >= 4 is 22.9 Å². The highest BCUT2D eigenvalue weighted by Crippen LogP contribution is 2.25. The highest BCUT2D eigenvalue weighted by atomic mass is 35.5. The van der Waals surface area contributed by atoms with Gasteiger partial charge in [-0.05, 0) is 40.1 Å². The zero-order valence-electron chi connectivity index (χ0n) is 7.35. The van der Waals surface area contributed by atoms with Crippen LogP contribution >= 0.6 is 22.9 Å². The van der Waals surface area contributed by atoms with Gasteiger partial charge >= 0.3 is 0 Å². The van der Waals surface area contributed by atoms with Crippen molar-refractivity contribution in [3.05, 3.63) is 57.2 Å². The number of rotatable bonds is 2. The lowest BCUT2D eigenvalue weighted by atomic mass is 10.0. The second-order valence-corrected chi connectivity index (χ2v) is 4.23. The first-order chi connectivity index (χ1) is 6.77.